The average Bonchev–Trinajstić information content (AvgIpc) is 2.78. The van der Waals surface area contributed by atoms with Crippen molar-refractivity contribution < 1.29 is 62.5 Å². The molecule has 0 N–H and O–H groups in total. The van der Waals surface area contributed by atoms with Crippen LogP contribution in [0.5, 0.6) is 0 Å². The van der Waals surface area contributed by atoms with Gasteiger partial charge in [-0.25, -0.2) is 8.78 Å². The van der Waals surface area contributed by atoms with Crippen LogP contribution in [0.25, 0.3) is 0 Å². The lowest BCUT2D eigenvalue weighted by Gasteiger charge is -2.39. The van der Waals surface area contributed by atoms with Gasteiger partial charge in [-0.15, -0.1) is 0 Å². The van der Waals surface area contributed by atoms with E-state index in [-0.39, 0.29) is 18.9 Å². The maximum Gasteiger partial charge on any atom is 0.384 e. The summed E-state index contributed by atoms with van der Waals surface area (Å²) in [5, 5.41) is 22.6. The fourth-order valence-corrected chi connectivity index (χ4v) is 4.01. The molecular formula is C19H16F12N2O4. The monoisotopic (exact) mass is 564 g/mol. The predicted octanol–water partition coefficient (Wildman–Crippen LogP) is 7.53. The van der Waals surface area contributed by atoms with Crippen LogP contribution in [0.2, 0.25) is 0 Å². The van der Waals surface area contributed by atoms with E-state index in [2.05, 4.69) is 0 Å². The molecule has 210 valence electrons. The van der Waals surface area contributed by atoms with Crippen LogP contribution >= 0.6 is 0 Å². The third kappa shape index (κ3) is 5.02. The number of rotatable bonds is 10. The minimum absolute atomic E-state index is 0.0438. The Morgan fingerprint density at radius 2 is 1.30 bits per heavy atom. The first-order chi connectivity index (χ1) is 16.6. The van der Waals surface area contributed by atoms with Crippen LogP contribution < -0.4 is 0 Å². The second-order valence-electron chi connectivity index (χ2n) is 8.41. The van der Waals surface area contributed by atoms with E-state index in [9.17, 15) is 72.9 Å². The van der Waals surface area contributed by atoms with Crippen molar-refractivity contribution in [3.63, 3.8) is 0 Å². The zero-order valence-corrected chi connectivity index (χ0v) is 18.1. The van der Waals surface area contributed by atoms with Gasteiger partial charge in [0, 0.05) is 11.6 Å². The number of nitrogens with zero attached hydrogens (tertiary/aromatic N) is 2. The highest BCUT2D eigenvalue weighted by atomic mass is 19.4. The first kappa shape index (κ1) is 30.4. The van der Waals surface area contributed by atoms with Crippen LogP contribution in [0.3, 0.4) is 0 Å². The van der Waals surface area contributed by atoms with Crippen molar-refractivity contribution >= 4 is 11.4 Å². The predicted molar refractivity (Wildman–Crippen MR) is 100 cm³/mol. The van der Waals surface area contributed by atoms with Crippen molar-refractivity contribution in [2.24, 2.45) is 0 Å². The third-order valence-corrected chi connectivity index (χ3v) is 6.04. The van der Waals surface area contributed by atoms with Crippen molar-refractivity contribution in [2.75, 3.05) is 0 Å². The molecular weight excluding hydrogens is 548 g/mol. The molecule has 1 fully saturated rings. The summed E-state index contributed by atoms with van der Waals surface area (Å²) in [4.78, 5) is 19.8. The van der Waals surface area contributed by atoms with Gasteiger partial charge >= 0.3 is 36.0 Å². The van der Waals surface area contributed by atoms with Gasteiger partial charge in [0.15, 0.2) is 0 Å². The SMILES string of the molecule is O=[N+]([O-])c1cc(C2CCCCC2)c(CC(F)(F)C(F)(F)C(F)(F)C(F)(F)C(F)(F)C(F)F)c([N+](=O)[O-])c1. The first-order valence-electron chi connectivity index (χ1n) is 10.3. The molecule has 1 aliphatic rings. The molecule has 0 amide bonds. The first-order valence-corrected chi connectivity index (χ1v) is 10.3. The van der Waals surface area contributed by atoms with Crippen LogP contribution in [0.4, 0.5) is 64.1 Å². The Bertz CT molecular complexity index is 1040. The number of nitro benzene ring substituents is 2. The topological polar surface area (TPSA) is 86.3 Å². The molecule has 0 heterocycles. The van der Waals surface area contributed by atoms with E-state index in [1.807, 2.05) is 0 Å². The van der Waals surface area contributed by atoms with Crippen molar-refractivity contribution in [3.8, 4) is 0 Å². The van der Waals surface area contributed by atoms with E-state index in [4.69, 9.17) is 0 Å². The maximum atomic E-state index is 14.6. The Kier molecular flexibility index (Phi) is 8.06. The van der Waals surface area contributed by atoms with Gasteiger partial charge in [0.2, 0.25) is 0 Å². The van der Waals surface area contributed by atoms with E-state index in [0.717, 1.165) is 0 Å². The van der Waals surface area contributed by atoms with Crippen LogP contribution in [0.1, 0.15) is 49.1 Å². The summed E-state index contributed by atoms with van der Waals surface area (Å²) < 4.78 is 163. The molecule has 37 heavy (non-hydrogen) atoms. The van der Waals surface area contributed by atoms with Crippen molar-refractivity contribution in [3.05, 3.63) is 43.5 Å². The van der Waals surface area contributed by atoms with Gasteiger partial charge in [-0.1, -0.05) is 19.3 Å². The lowest BCUT2D eigenvalue weighted by molar-refractivity contribution is -0.413. The molecule has 0 atom stereocenters. The molecule has 0 unspecified atom stereocenters. The molecule has 1 aromatic rings. The van der Waals surface area contributed by atoms with E-state index >= 15 is 0 Å². The molecule has 0 aromatic heterocycles. The average molecular weight is 564 g/mol. The third-order valence-electron chi connectivity index (χ3n) is 6.04. The highest BCUT2D eigenvalue weighted by Gasteiger charge is 2.87. The van der Waals surface area contributed by atoms with Crippen molar-refractivity contribution in [2.45, 2.75) is 80.5 Å². The minimum Gasteiger partial charge on any atom is -0.258 e. The van der Waals surface area contributed by atoms with Gasteiger partial charge in [0.1, 0.15) is 0 Å². The summed E-state index contributed by atoms with van der Waals surface area (Å²) in [5.41, 5.74) is -4.81. The number of nitro groups is 2. The second-order valence-corrected chi connectivity index (χ2v) is 8.41. The maximum absolute atomic E-state index is 14.6. The number of hydrogen-bond acceptors (Lipinski definition) is 4. The lowest BCUT2D eigenvalue weighted by atomic mass is 9.79. The number of benzene rings is 1. The zero-order valence-electron chi connectivity index (χ0n) is 18.1. The second kappa shape index (κ2) is 9.81. The molecule has 18 heteroatoms. The Morgan fingerprint density at radius 3 is 1.73 bits per heavy atom. The number of non-ortho nitro benzene ring substituents is 1. The Balaban J connectivity index is 2.71. The van der Waals surface area contributed by atoms with Gasteiger partial charge in [0.25, 0.3) is 11.4 Å². The summed E-state index contributed by atoms with van der Waals surface area (Å²) in [7, 11) is 0. The van der Waals surface area contributed by atoms with Gasteiger partial charge in [-0.2, -0.15) is 43.9 Å². The molecule has 0 aliphatic heterocycles. The summed E-state index contributed by atoms with van der Waals surface area (Å²) in [6, 6.07) is 0.553. The molecule has 0 saturated heterocycles. The Hall–Kier alpha value is -2.82. The fraction of sp³-hybridized carbons (Fsp3) is 0.684. The van der Waals surface area contributed by atoms with Gasteiger partial charge < -0.3 is 0 Å². The van der Waals surface area contributed by atoms with Crippen LogP contribution in [0.15, 0.2) is 12.1 Å². The standard InChI is InChI=1S/C19H16F12N2O4/c20-14(21)16(24,25)18(28,29)19(30,31)17(26,27)15(22,23)8-12-11(9-4-2-1-3-5-9)6-10(32(34)35)7-13(12)33(36)37/h6-7,9,14H,1-5,8H2. The van der Waals surface area contributed by atoms with Gasteiger partial charge in [0.05, 0.1) is 22.3 Å². The minimum atomic E-state index is -7.79. The summed E-state index contributed by atoms with van der Waals surface area (Å²) in [6.07, 6.45) is -7.14. The van der Waals surface area contributed by atoms with Gasteiger partial charge in [-0.3, -0.25) is 20.2 Å². The molecule has 1 saturated carbocycles. The summed E-state index contributed by atoms with van der Waals surface area (Å²) >= 11 is 0. The molecule has 1 aliphatic carbocycles. The molecule has 1 aromatic carbocycles. The Labute approximate surface area is 198 Å². The van der Waals surface area contributed by atoms with Gasteiger partial charge in [-0.05, 0) is 24.3 Å². The Morgan fingerprint density at radius 1 is 0.784 bits per heavy atom. The van der Waals surface area contributed by atoms with Crippen LogP contribution in [-0.4, -0.2) is 45.9 Å². The number of halogens is 12. The van der Waals surface area contributed by atoms with Crippen LogP contribution in [-0.2, 0) is 6.42 Å². The lowest BCUT2D eigenvalue weighted by Crippen LogP contribution is -2.69. The molecule has 0 bridgehead atoms. The quantitative estimate of drug-likeness (QED) is 0.167. The largest absolute Gasteiger partial charge is 0.384 e. The molecule has 0 radical (unpaired) electrons. The highest BCUT2D eigenvalue weighted by molar-refractivity contribution is 5.55. The van der Waals surface area contributed by atoms with E-state index in [0.29, 0.717) is 25.3 Å². The number of hydrogen-bond donors (Lipinski definition) is 0. The highest BCUT2D eigenvalue weighted by Crippen LogP contribution is 2.59. The van der Waals surface area contributed by atoms with Crippen molar-refractivity contribution in [1.82, 2.24) is 0 Å². The van der Waals surface area contributed by atoms with E-state index in [1.54, 1.807) is 0 Å². The molecule has 6 nitrogen and oxygen atoms in total. The summed E-state index contributed by atoms with van der Waals surface area (Å²) in [6.45, 7) is 0. The molecule has 0 spiro atoms. The number of alkyl halides is 12. The smallest absolute Gasteiger partial charge is 0.258 e. The normalized spacial score (nSPS) is 16.8. The van der Waals surface area contributed by atoms with Crippen molar-refractivity contribution in [1.29, 1.82) is 0 Å². The molecule has 2 rings (SSSR count). The summed E-state index contributed by atoms with van der Waals surface area (Å²) in [5.74, 6) is -37.6. The zero-order chi connectivity index (χ0) is 28.8. The van der Waals surface area contributed by atoms with E-state index in [1.165, 1.54) is 0 Å². The fourth-order valence-electron chi connectivity index (χ4n) is 4.01. The van der Waals surface area contributed by atoms with Crippen LogP contribution in [0, 0.1) is 20.2 Å². The van der Waals surface area contributed by atoms with E-state index < -0.39 is 80.7 Å².